The summed E-state index contributed by atoms with van der Waals surface area (Å²) in [5, 5.41) is 3.37. The van der Waals surface area contributed by atoms with E-state index in [4.69, 9.17) is 0 Å². The van der Waals surface area contributed by atoms with Gasteiger partial charge < -0.3 is 5.32 Å². The van der Waals surface area contributed by atoms with Gasteiger partial charge in [-0.25, -0.2) is 0 Å². The molecule has 3 heteroatoms. The lowest BCUT2D eigenvalue weighted by Gasteiger charge is -2.39. The van der Waals surface area contributed by atoms with Crippen LogP contribution in [0.25, 0.3) is 0 Å². The predicted molar refractivity (Wildman–Crippen MR) is 74.1 cm³/mol. The Labute approximate surface area is 109 Å². The number of nitrogens with one attached hydrogen (secondary N) is 1. The average molecular weight is 255 g/mol. The van der Waals surface area contributed by atoms with E-state index in [1.807, 2.05) is 13.2 Å². The Kier molecular flexibility index (Phi) is 3.26. The maximum absolute atomic E-state index is 12.0. The van der Waals surface area contributed by atoms with E-state index in [0.29, 0.717) is 16.9 Å². The first kappa shape index (κ1) is 13.3. The van der Waals surface area contributed by atoms with Crippen LogP contribution in [-0.2, 0) is 4.79 Å². The van der Waals surface area contributed by atoms with Crippen LogP contribution in [0.15, 0.2) is 0 Å². The number of rotatable bonds is 3. The predicted octanol–water partition coefficient (Wildman–Crippen LogP) is 3.07. The molecule has 2 fully saturated rings. The van der Waals surface area contributed by atoms with Crippen molar-refractivity contribution in [2.24, 2.45) is 16.7 Å². The summed E-state index contributed by atoms with van der Waals surface area (Å²) in [6.07, 6.45) is 5.78. The Hall–Kier alpha value is -0.180. The molecule has 2 aliphatic carbocycles. The smallest absolute Gasteiger partial charge is 0.233 e. The van der Waals surface area contributed by atoms with Crippen LogP contribution in [0.2, 0.25) is 0 Å². The molecule has 17 heavy (non-hydrogen) atoms. The number of hydrogen-bond donors (Lipinski definition) is 1. The van der Waals surface area contributed by atoms with E-state index in [9.17, 15) is 4.79 Å². The molecule has 0 radical (unpaired) electrons. The van der Waals surface area contributed by atoms with Crippen molar-refractivity contribution < 1.29 is 4.79 Å². The van der Waals surface area contributed by atoms with E-state index < -0.39 is 0 Å². The number of thioether (sulfide) groups is 1. The molecule has 1 N–H and O–H groups in total. The fraction of sp³-hybridized carbons (Fsp3) is 0.929. The lowest BCUT2D eigenvalue weighted by molar-refractivity contribution is -0.122. The van der Waals surface area contributed by atoms with E-state index in [2.05, 4.69) is 26.1 Å². The van der Waals surface area contributed by atoms with Crippen molar-refractivity contribution in [1.82, 2.24) is 5.32 Å². The Balaban J connectivity index is 2.08. The molecule has 0 aromatic rings. The highest BCUT2D eigenvalue weighted by molar-refractivity contribution is 7.99. The molecule has 1 amide bonds. The second-order valence-corrected chi connectivity index (χ2v) is 7.73. The summed E-state index contributed by atoms with van der Waals surface area (Å²) in [7, 11) is 0. The molecule has 2 nitrogen and oxygen atoms in total. The SMILES string of the molecule is CS[C@@H](C)C(=O)N[C@H]1C[C@H]2CC[C@@]1(C)C2(C)C. The molecule has 0 spiro atoms. The second kappa shape index (κ2) is 4.18. The normalized spacial score (nSPS) is 40.3. The van der Waals surface area contributed by atoms with Gasteiger partial charge in [-0.15, -0.1) is 0 Å². The standard InChI is InChI=1S/C14H25NOS/c1-9(17-5)12(16)15-11-8-10-6-7-14(11,4)13(10,2)3/h9-11H,6-8H2,1-5H3,(H,15,16)/t9-,10+,11-,14+/m0/s1. The van der Waals surface area contributed by atoms with Crippen molar-refractivity contribution in [3.05, 3.63) is 0 Å². The van der Waals surface area contributed by atoms with Crippen LogP contribution in [0.5, 0.6) is 0 Å². The minimum atomic E-state index is 0.0702. The number of amides is 1. The molecule has 2 aliphatic rings. The van der Waals surface area contributed by atoms with Gasteiger partial charge in [0.25, 0.3) is 0 Å². The van der Waals surface area contributed by atoms with E-state index >= 15 is 0 Å². The quantitative estimate of drug-likeness (QED) is 0.839. The molecule has 4 atom stereocenters. The summed E-state index contributed by atoms with van der Waals surface area (Å²) in [4.78, 5) is 12.0. The van der Waals surface area contributed by atoms with Crippen LogP contribution < -0.4 is 5.32 Å². The highest BCUT2D eigenvalue weighted by Gasteiger charge is 2.61. The van der Waals surface area contributed by atoms with Crippen molar-refractivity contribution in [2.45, 2.75) is 58.2 Å². The summed E-state index contributed by atoms with van der Waals surface area (Å²) in [5.41, 5.74) is 0.680. The molecule has 2 saturated carbocycles. The Morgan fingerprint density at radius 1 is 1.41 bits per heavy atom. The van der Waals surface area contributed by atoms with Crippen LogP contribution in [-0.4, -0.2) is 23.5 Å². The minimum Gasteiger partial charge on any atom is -0.352 e. The lowest BCUT2D eigenvalue weighted by Crippen LogP contribution is -2.48. The number of fused-ring (bicyclic) bond motifs is 2. The monoisotopic (exact) mass is 255 g/mol. The molecule has 98 valence electrons. The highest BCUT2D eigenvalue weighted by Crippen LogP contribution is 2.65. The van der Waals surface area contributed by atoms with E-state index in [1.165, 1.54) is 19.3 Å². The van der Waals surface area contributed by atoms with Gasteiger partial charge in [-0.05, 0) is 49.2 Å². The lowest BCUT2D eigenvalue weighted by atomic mass is 9.69. The zero-order valence-corrected chi connectivity index (χ0v) is 12.5. The maximum atomic E-state index is 12.0. The molecule has 2 rings (SSSR count). The zero-order valence-electron chi connectivity index (χ0n) is 11.7. The van der Waals surface area contributed by atoms with E-state index in [1.54, 1.807) is 11.8 Å². The molecule has 0 unspecified atom stereocenters. The van der Waals surface area contributed by atoms with Crippen LogP contribution in [0.1, 0.15) is 47.0 Å². The van der Waals surface area contributed by atoms with Gasteiger partial charge in [0.15, 0.2) is 0 Å². The zero-order chi connectivity index (χ0) is 12.8. The van der Waals surface area contributed by atoms with E-state index in [-0.39, 0.29) is 11.2 Å². The first-order chi connectivity index (χ1) is 7.83. The third-order valence-corrected chi connectivity index (χ3v) is 6.75. The molecule has 0 heterocycles. The van der Waals surface area contributed by atoms with Crippen molar-refractivity contribution >= 4 is 17.7 Å². The molecular formula is C14H25NOS. The molecule has 0 aliphatic heterocycles. The van der Waals surface area contributed by atoms with Gasteiger partial charge in [-0.3, -0.25) is 4.79 Å². The molecule has 2 bridgehead atoms. The van der Waals surface area contributed by atoms with Crippen LogP contribution in [0.3, 0.4) is 0 Å². The third-order valence-electron chi connectivity index (χ3n) is 5.83. The fourth-order valence-electron chi connectivity index (χ4n) is 3.82. The molecule has 0 saturated heterocycles. The molecular weight excluding hydrogens is 230 g/mol. The van der Waals surface area contributed by atoms with Gasteiger partial charge in [-0.2, -0.15) is 11.8 Å². The summed E-state index contributed by atoms with van der Waals surface area (Å²) in [6, 6.07) is 0.387. The fourth-order valence-corrected chi connectivity index (χ4v) is 4.10. The summed E-state index contributed by atoms with van der Waals surface area (Å²) >= 11 is 1.62. The second-order valence-electron chi connectivity index (χ2n) is 6.55. The first-order valence-corrected chi connectivity index (χ1v) is 7.95. The van der Waals surface area contributed by atoms with Gasteiger partial charge in [-0.1, -0.05) is 20.8 Å². The van der Waals surface area contributed by atoms with Gasteiger partial charge in [0.2, 0.25) is 5.91 Å². The van der Waals surface area contributed by atoms with Crippen LogP contribution >= 0.6 is 11.8 Å². The van der Waals surface area contributed by atoms with Gasteiger partial charge >= 0.3 is 0 Å². The van der Waals surface area contributed by atoms with Gasteiger partial charge in [0, 0.05) is 6.04 Å². The third kappa shape index (κ3) is 1.81. The topological polar surface area (TPSA) is 29.1 Å². The van der Waals surface area contributed by atoms with E-state index in [0.717, 1.165) is 5.92 Å². The Morgan fingerprint density at radius 3 is 2.47 bits per heavy atom. The molecule has 0 aromatic carbocycles. The summed E-state index contributed by atoms with van der Waals surface area (Å²) < 4.78 is 0. The van der Waals surface area contributed by atoms with Crippen molar-refractivity contribution in [2.75, 3.05) is 6.26 Å². The molecule has 0 aromatic heterocycles. The van der Waals surface area contributed by atoms with Crippen molar-refractivity contribution in [1.29, 1.82) is 0 Å². The first-order valence-electron chi connectivity index (χ1n) is 6.66. The van der Waals surface area contributed by atoms with Gasteiger partial charge in [0.05, 0.1) is 5.25 Å². The minimum absolute atomic E-state index is 0.0702. The van der Waals surface area contributed by atoms with Crippen molar-refractivity contribution in [3.8, 4) is 0 Å². The Morgan fingerprint density at radius 2 is 2.06 bits per heavy atom. The maximum Gasteiger partial charge on any atom is 0.233 e. The van der Waals surface area contributed by atoms with Gasteiger partial charge in [0.1, 0.15) is 0 Å². The largest absolute Gasteiger partial charge is 0.352 e. The summed E-state index contributed by atoms with van der Waals surface area (Å²) in [6.45, 7) is 9.12. The number of carbonyl (C=O) groups is 1. The Bertz CT molecular complexity index is 328. The van der Waals surface area contributed by atoms with Crippen LogP contribution in [0, 0.1) is 16.7 Å². The van der Waals surface area contributed by atoms with Crippen molar-refractivity contribution in [3.63, 3.8) is 0 Å². The average Bonchev–Trinajstić information content (AvgIpc) is 2.60. The number of hydrogen-bond acceptors (Lipinski definition) is 2. The highest BCUT2D eigenvalue weighted by atomic mass is 32.2. The number of carbonyl (C=O) groups excluding carboxylic acids is 1. The summed E-state index contributed by atoms with van der Waals surface area (Å²) in [5.74, 6) is 1.01. The van der Waals surface area contributed by atoms with Crippen LogP contribution in [0.4, 0.5) is 0 Å².